The highest BCUT2D eigenvalue weighted by Gasteiger charge is 2.37. The molecule has 0 unspecified atom stereocenters. The molecule has 64 heavy (non-hydrogen) atoms. The lowest BCUT2D eigenvalue weighted by atomic mass is 9.95. The number of anilines is 2. The highest BCUT2D eigenvalue weighted by Crippen LogP contribution is 2.50. The topological polar surface area (TPSA) is 195 Å². The third-order valence-electron chi connectivity index (χ3n) is 11.8. The second kappa shape index (κ2) is 19.7. The number of imide groups is 1. The van der Waals surface area contributed by atoms with Crippen molar-refractivity contribution in [3.63, 3.8) is 0 Å². The van der Waals surface area contributed by atoms with Crippen LogP contribution in [0, 0.1) is 0 Å². The first-order valence-corrected chi connectivity index (χ1v) is 23.4. The third-order valence-corrected chi connectivity index (χ3v) is 12.9. The van der Waals surface area contributed by atoms with Crippen LogP contribution < -0.4 is 19.1 Å². The Bertz CT molecular complexity index is 2580. The van der Waals surface area contributed by atoms with Crippen molar-refractivity contribution in [3.05, 3.63) is 83.9 Å². The highest BCUT2D eigenvalue weighted by molar-refractivity contribution is 7.46. The van der Waals surface area contributed by atoms with Gasteiger partial charge in [-0.3, -0.25) is 38.7 Å². The van der Waals surface area contributed by atoms with Crippen LogP contribution in [0.2, 0.25) is 0 Å². The van der Waals surface area contributed by atoms with Crippen molar-refractivity contribution in [2.24, 2.45) is 0 Å². The quantitative estimate of drug-likeness (QED) is 0.0479. The standard InChI is InChI=1S/C45H48Cl2N5O11P/c1-48(38(53)15-4-3-9-20-50-41(56)18-19-42(50)57)21-22-49(2)45(58)62-36-23-34-43(31-13-7-5-11-29(31)36)28(25-46)26-51(34)39(54)16-10-17-40(55)52-27-33(47)44-32-14-8-6-12-30(32)37(24-35(44)52)63-64(59,60)61/h5-8,11-14,18-19,23-24,28,33H,3-4,9-10,15-17,20-22,25-27H2,1-2H3,(H2,59,60,61)/t28-,33-/m1/s1. The number of likely N-dealkylation sites (N-methyl/N-ethyl adjacent to an activating group) is 2. The fourth-order valence-corrected chi connectivity index (χ4v) is 9.49. The summed E-state index contributed by atoms with van der Waals surface area (Å²) >= 11 is 13.2. The minimum absolute atomic E-state index is 0.00470. The minimum atomic E-state index is -4.93. The van der Waals surface area contributed by atoms with Gasteiger partial charge in [0.05, 0.1) is 16.8 Å². The summed E-state index contributed by atoms with van der Waals surface area (Å²) in [5.74, 6) is -1.17. The Labute approximate surface area is 379 Å². The Morgan fingerprint density at radius 3 is 1.91 bits per heavy atom. The molecule has 0 aliphatic carbocycles. The van der Waals surface area contributed by atoms with E-state index in [0.717, 1.165) is 10.9 Å². The fraction of sp³-hybridized carbons (Fsp3) is 0.378. The number of unbranched alkanes of at least 4 members (excludes halogenated alkanes) is 2. The summed E-state index contributed by atoms with van der Waals surface area (Å²) < 4.78 is 22.8. The molecule has 0 radical (unpaired) electrons. The average molecular weight is 937 g/mol. The van der Waals surface area contributed by atoms with Crippen LogP contribution in [0.1, 0.15) is 67.4 Å². The number of phosphoric acid groups is 1. The molecule has 7 rings (SSSR count). The number of carbonyl (C=O) groups excluding carboxylic acids is 6. The summed E-state index contributed by atoms with van der Waals surface area (Å²) in [5.41, 5.74) is 2.42. The molecule has 6 amide bonds. The second-order valence-electron chi connectivity index (χ2n) is 16.0. The van der Waals surface area contributed by atoms with Crippen LogP contribution in [0.4, 0.5) is 16.2 Å². The summed E-state index contributed by atoms with van der Waals surface area (Å²) in [6, 6.07) is 17.4. The molecule has 2 N–H and O–H groups in total. The summed E-state index contributed by atoms with van der Waals surface area (Å²) in [6.45, 7) is 1.14. The van der Waals surface area contributed by atoms with Crippen molar-refractivity contribution in [2.45, 2.75) is 56.2 Å². The fourth-order valence-electron chi connectivity index (χ4n) is 8.47. The van der Waals surface area contributed by atoms with E-state index in [9.17, 15) is 43.1 Å². The molecule has 3 aliphatic rings. The van der Waals surface area contributed by atoms with Crippen molar-refractivity contribution in [2.75, 3.05) is 62.5 Å². The van der Waals surface area contributed by atoms with Crippen LogP contribution in [0.5, 0.6) is 11.5 Å². The molecule has 3 aliphatic heterocycles. The van der Waals surface area contributed by atoms with Crippen LogP contribution in [0.3, 0.4) is 0 Å². The average Bonchev–Trinajstić information content (AvgIpc) is 3.93. The van der Waals surface area contributed by atoms with Crippen LogP contribution in [0.25, 0.3) is 21.5 Å². The molecule has 0 aromatic heterocycles. The van der Waals surface area contributed by atoms with E-state index in [1.807, 2.05) is 24.3 Å². The van der Waals surface area contributed by atoms with Gasteiger partial charge in [0.2, 0.25) is 17.7 Å². The molecule has 3 heterocycles. The van der Waals surface area contributed by atoms with Crippen LogP contribution in [-0.2, 0) is 28.5 Å². The smallest absolute Gasteiger partial charge is 0.409 e. The molecule has 0 spiro atoms. The minimum Gasteiger partial charge on any atom is -0.409 e. The molecule has 2 atom stereocenters. The van der Waals surface area contributed by atoms with Gasteiger partial charge in [-0.15, -0.1) is 23.2 Å². The van der Waals surface area contributed by atoms with E-state index < -0.39 is 19.3 Å². The highest BCUT2D eigenvalue weighted by atomic mass is 35.5. The van der Waals surface area contributed by atoms with E-state index in [4.69, 9.17) is 32.5 Å². The van der Waals surface area contributed by atoms with Gasteiger partial charge in [-0.1, -0.05) is 55.0 Å². The van der Waals surface area contributed by atoms with Gasteiger partial charge < -0.3 is 28.9 Å². The van der Waals surface area contributed by atoms with Crippen molar-refractivity contribution in [1.82, 2.24) is 14.7 Å². The van der Waals surface area contributed by atoms with E-state index in [-0.39, 0.29) is 105 Å². The largest absolute Gasteiger partial charge is 0.524 e. The molecule has 0 saturated heterocycles. The lowest BCUT2D eigenvalue weighted by Gasteiger charge is -2.23. The Hall–Kier alpha value is -5.51. The molecular weight excluding hydrogens is 888 g/mol. The predicted molar refractivity (Wildman–Crippen MR) is 242 cm³/mol. The van der Waals surface area contributed by atoms with E-state index in [0.29, 0.717) is 58.9 Å². The van der Waals surface area contributed by atoms with Gasteiger partial charge in [-0.25, -0.2) is 9.36 Å². The number of alkyl halides is 2. The molecule has 0 saturated carbocycles. The number of hydrogen-bond acceptors (Lipinski definition) is 9. The monoisotopic (exact) mass is 935 g/mol. The van der Waals surface area contributed by atoms with Crippen molar-refractivity contribution >= 4 is 99.6 Å². The molecular formula is C45H48Cl2N5O11P. The number of nitrogens with zero attached hydrogens (tertiary/aromatic N) is 5. The molecule has 19 heteroatoms. The normalized spacial score (nSPS) is 16.8. The number of ether oxygens (including phenoxy) is 1. The van der Waals surface area contributed by atoms with Gasteiger partial charge in [0.15, 0.2) is 0 Å². The summed E-state index contributed by atoms with van der Waals surface area (Å²) in [7, 11) is -1.71. The van der Waals surface area contributed by atoms with Gasteiger partial charge in [0.1, 0.15) is 11.5 Å². The number of phosphoric ester groups is 1. The van der Waals surface area contributed by atoms with Gasteiger partial charge in [-0.05, 0) is 35.6 Å². The summed E-state index contributed by atoms with van der Waals surface area (Å²) in [6.07, 6.45) is 4.12. The summed E-state index contributed by atoms with van der Waals surface area (Å²) in [5, 5.41) is 1.89. The lowest BCUT2D eigenvalue weighted by Crippen LogP contribution is -2.38. The van der Waals surface area contributed by atoms with E-state index >= 15 is 0 Å². The maximum absolute atomic E-state index is 14.0. The van der Waals surface area contributed by atoms with Crippen molar-refractivity contribution in [3.8, 4) is 11.5 Å². The summed E-state index contributed by atoms with van der Waals surface area (Å²) in [4.78, 5) is 104. The zero-order valence-electron chi connectivity index (χ0n) is 35.3. The Kier molecular flexibility index (Phi) is 14.3. The number of rotatable bonds is 17. The number of hydrogen-bond donors (Lipinski definition) is 2. The van der Waals surface area contributed by atoms with Crippen LogP contribution in [-0.4, -0.2) is 113 Å². The Balaban J connectivity index is 0.969. The predicted octanol–water partition coefficient (Wildman–Crippen LogP) is 7.00. The number of amides is 6. The lowest BCUT2D eigenvalue weighted by molar-refractivity contribution is -0.137. The zero-order valence-corrected chi connectivity index (χ0v) is 37.7. The van der Waals surface area contributed by atoms with Crippen LogP contribution >= 0.6 is 31.0 Å². The van der Waals surface area contributed by atoms with E-state index in [2.05, 4.69) is 0 Å². The van der Waals surface area contributed by atoms with Gasteiger partial charge in [0.25, 0.3) is 11.8 Å². The SMILES string of the molecule is CN(CCN(C)C(=O)Oc1cc2c(c3ccccc13)[C@H](CCl)CN2C(=O)CCCC(=O)N1C[C@@H](Cl)c2c1cc(OP(=O)(O)O)c1ccccc21)C(=O)CCCCCN1C(=O)C=CC1=O. The molecule has 338 valence electrons. The first-order chi connectivity index (χ1) is 30.6. The van der Waals surface area contributed by atoms with Gasteiger partial charge in [0, 0.05) is 119 Å². The maximum atomic E-state index is 14.0. The number of carbonyl (C=O) groups is 6. The maximum Gasteiger partial charge on any atom is 0.524 e. The molecule has 4 aromatic rings. The Morgan fingerprint density at radius 1 is 0.734 bits per heavy atom. The van der Waals surface area contributed by atoms with Crippen molar-refractivity contribution in [1.29, 1.82) is 0 Å². The van der Waals surface area contributed by atoms with E-state index in [1.165, 1.54) is 37.8 Å². The first kappa shape index (κ1) is 46.5. The van der Waals surface area contributed by atoms with E-state index in [1.54, 1.807) is 49.3 Å². The molecule has 0 fully saturated rings. The number of halogens is 2. The van der Waals surface area contributed by atoms with Crippen LogP contribution in [0.15, 0.2) is 72.8 Å². The van der Waals surface area contributed by atoms with Gasteiger partial charge in [-0.2, -0.15) is 0 Å². The number of benzene rings is 4. The number of fused-ring (bicyclic) bond motifs is 6. The Morgan fingerprint density at radius 2 is 1.28 bits per heavy atom. The molecule has 4 aromatic carbocycles. The first-order valence-electron chi connectivity index (χ1n) is 20.9. The molecule has 16 nitrogen and oxygen atoms in total. The van der Waals surface area contributed by atoms with Crippen molar-refractivity contribution < 1.29 is 52.4 Å². The van der Waals surface area contributed by atoms with Gasteiger partial charge >= 0.3 is 13.9 Å². The second-order valence-corrected chi connectivity index (χ2v) is 18.0. The molecule has 0 bridgehead atoms. The zero-order chi connectivity index (χ0) is 45.9. The third kappa shape index (κ3) is 10.1.